The first-order valence-corrected chi connectivity index (χ1v) is 4.38. The molecular weight excluding hydrogens is 138 g/mol. The Bertz CT molecular complexity index is 142. The predicted octanol–water partition coefficient (Wildman–Crippen LogP) is 1.98. The van der Waals surface area contributed by atoms with Gasteiger partial charge in [0.25, 0.3) is 0 Å². The van der Waals surface area contributed by atoms with Crippen molar-refractivity contribution in [2.45, 2.75) is 26.7 Å². The third kappa shape index (κ3) is 2.45. The van der Waals surface area contributed by atoms with Crippen molar-refractivity contribution in [1.29, 1.82) is 0 Å². The fourth-order valence-corrected chi connectivity index (χ4v) is 1.23. The van der Waals surface area contributed by atoms with E-state index in [9.17, 15) is 0 Å². The molecule has 1 heterocycles. The van der Waals surface area contributed by atoms with Crippen LogP contribution in [0.25, 0.3) is 0 Å². The average molecular weight is 155 g/mol. The quantitative estimate of drug-likeness (QED) is 0.618. The fourth-order valence-electron chi connectivity index (χ4n) is 1.23. The third-order valence-corrected chi connectivity index (χ3v) is 2.01. The van der Waals surface area contributed by atoms with Crippen molar-refractivity contribution in [2.75, 3.05) is 19.7 Å². The molecule has 11 heavy (non-hydrogen) atoms. The predicted molar refractivity (Wildman–Crippen MR) is 46.2 cm³/mol. The largest absolute Gasteiger partial charge is 0.498 e. The summed E-state index contributed by atoms with van der Waals surface area (Å²) in [4.78, 5) is 2.38. The van der Waals surface area contributed by atoms with Gasteiger partial charge in [-0.05, 0) is 13.3 Å². The molecular formula is C9H17NO. The topological polar surface area (TPSA) is 12.5 Å². The molecule has 0 aromatic rings. The SMILES string of the molecule is CCCCN1CCOC=C1C. The second-order valence-electron chi connectivity index (χ2n) is 2.97. The molecule has 1 rings (SSSR count). The molecule has 2 nitrogen and oxygen atoms in total. The van der Waals surface area contributed by atoms with Gasteiger partial charge >= 0.3 is 0 Å². The molecule has 0 spiro atoms. The van der Waals surface area contributed by atoms with Crippen LogP contribution in [0.2, 0.25) is 0 Å². The number of ether oxygens (including phenoxy) is 1. The van der Waals surface area contributed by atoms with Crippen LogP contribution in [-0.4, -0.2) is 24.6 Å². The van der Waals surface area contributed by atoms with Gasteiger partial charge in [-0.2, -0.15) is 0 Å². The van der Waals surface area contributed by atoms with Crippen LogP contribution in [-0.2, 0) is 4.74 Å². The number of allylic oxidation sites excluding steroid dienone is 1. The molecule has 0 fully saturated rings. The van der Waals surface area contributed by atoms with Gasteiger partial charge in [0.2, 0.25) is 0 Å². The van der Waals surface area contributed by atoms with Crippen LogP contribution in [0.4, 0.5) is 0 Å². The van der Waals surface area contributed by atoms with Crippen molar-refractivity contribution in [2.24, 2.45) is 0 Å². The molecule has 0 aliphatic carbocycles. The summed E-state index contributed by atoms with van der Waals surface area (Å²) in [5.74, 6) is 0. The summed E-state index contributed by atoms with van der Waals surface area (Å²) < 4.78 is 5.19. The summed E-state index contributed by atoms with van der Waals surface area (Å²) in [7, 11) is 0. The second-order valence-corrected chi connectivity index (χ2v) is 2.97. The van der Waals surface area contributed by atoms with E-state index in [4.69, 9.17) is 4.74 Å². The van der Waals surface area contributed by atoms with Crippen LogP contribution in [0.3, 0.4) is 0 Å². The molecule has 0 bridgehead atoms. The molecule has 0 unspecified atom stereocenters. The molecule has 1 aliphatic heterocycles. The van der Waals surface area contributed by atoms with Crippen LogP contribution >= 0.6 is 0 Å². The van der Waals surface area contributed by atoms with Crippen LogP contribution in [0.15, 0.2) is 12.0 Å². The molecule has 0 amide bonds. The Morgan fingerprint density at radius 1 is 1.64 bits per heavy atom. The first kappa shape index (κ1) is 8.44. The van der Waals surface area contributed by atoms with Crippen LogP contribution in [0, 0.1) is 0 Å². The fraction of sp³-hybridized carbons (Fsp3) is 0.778. The highest BCUT2D eigenvalue weighted by molar-refractivity contribution is 4.95. The molecule has 0 aromatic heterocycles. The normalized spacial score (nSPS) is 17.6. The Morgan fingerprint density at radius 3 is 3.09 bits per heavy atom. The highest BCUT2D eigenvalue weighted by atomic mass is 16.5. The minimum absolute atomic E-state index is 0.848. The van der Waals surface area contributed by atoms with E-state index in [2.05, 4.69) is 18.7 Å². The van der Waals surface area contributed by atoms with E-state index in [0.29, 0.717) is 0 Å². The monoisotopic (exact) mass is 155 g/mol. The van der Waals surface area contributed by atoms with E-state index in [1.54, 1.807) is 0 Å². The minimum atomic E-state index is 0.848. The highest BCUT2D eigenvalue weighted by Crippen LogP contribution is 2.09. The summed E-state index contributed by atoms with van der Waals surface area (Å²) in [5, 5.41) is 0. The van der Waals surface area contributed by atoms with Gasteiger partial charge in [0, 0.05) is 12.2 Å². The standard InChI is InChI=1S/C9H17NO/c1-3-4-5-10-6-7-11-8-9(10)2/h8H,3-7H2,1-2H3. The maximum Gasteiger partial charge on any atom is 0.105 e. The number of rotatable bonds is 3. The van der Waals surface area contributed by atoms with Gasteiger partial charge in [-0.15, -0.1) is 0 Å². The maximum absolute atomic E-state index is 5.19. The van der Waals surface area contributed by atoms with Crippen molar-refractivity contribution in [3.63, 3.8) is 0 Å². The Balaban J connectivity index is 2.31. The molecule has 0 saturated carbocycles. The molecule has 0 aromatic carbocycles. The van der Waals surface area contributed by atoms with Crippen molar-refractivity contribution >= 4 is 0 Å². The van der Waals surface area contributed by atoms with Crippen LogP contribution in [0.5, 0.6) is 0 Å². The maximum atomic E-state index is 5.19. The minimum Gasteiger partial charge on any atom is -0.498 e. The molecule has 1 aliphatic rings. The summed E-state index contributed by atoms with van der Waals surface area (Å²) in [6.45, 7) is 7.42. The Kier molecular flexibility index (Phi) is 3.27. The molecule has 0 radical (unpaired) electrons. The van der Waals surface area contributed by atoms with Crippen molar-refractivity contribution in [1.82, 2.24) is 4.90 Å². The van der Waals surface area contributed by atoms with Crippen LogP contribution < -0.4 is 0 Å². The van der Waals surface area contributed by atoms with E-state index in [-0.39, 0.29) is 0 Å². The smallest absolute Gasteiger partial charge is 0.105 e. The number of hydrogen-bond acceptors (Lipinski definition) is 2. The lowest BCUT2D eigenvalue weighted by Crippen LogP contribution is -2.29. The second kappa shape index (κ2) is 4.27. The molecule has 0 atom stereocenters. The van der Waals surface area contributed by atoms with E-state index < -0.39 is 0 Å². The zero-order chi connectivity index (χ0) is 8.10. The molecule has 2 heteroatoms. The van der Waals surface area contributed by atoms with Gasteiger partial charge in [0.15, 0.2) is 0 Å². The van der Waals surface area contributed by atoms with Gasteiger partial charge < -0.3 is 9.64 Å². The summed E-state index contributed by atoms with van der Waals surface area (Å²) in [6, 6.07) is 0. The average Bonchev–Trinajstić information content (AvgIpc) is 2.03. The van der Waals surface area contributed by atoms with Gasteiger partial charge in [-0.3, -0.25) is 0 Å². The van der Waals surface area contributed by atoms with E-state index in [0.717, 1.165) is 13.2 Å². The summed E-state index contributed by atoms with van der Waals surface area (Å²) in [6.07, 6.45) is 4.41. The Hall–Kier alpha value is -0.660. The molecule has 64 valence electrons. The van der Waals surface area contributed by atoms with Crippen molar-refractivity contribution < 1.29 is 4.74 Å². The van der Waals surface area contributed by atoms with Gasteiger partial charge in [-0.1, -0.05) is 13.3 Å². The summed E-state index contributed by atoms with van der Waals surface area (Å²) >= 11 is 0. The number of hydrogen-bond donors (Lipinski definition) is 0. The highest BCUT2D eigenvalue weighted by Gasteiger charge is 2.08. The first-order chi connectivity index (χ1) is 5.34. The lowest BCUT2D eigenvalue weighted by Gasteiger charge is -2.28. The third-order valence-electron chi connectivity index (χ3n) is 2.01. The van der Waals surface area contributed by atoms with Crippen LogP contribution in [0.1, 0.15) is 26.7 Å². The van der Waals surface area contributed by atoms with Gasteiger partial charge in [0.05, 0.1) is 6.54 Å². The van der Waals surface area contributed by atoms with Gasteiger partial charge in [0.1, 0.15) is 12.9 Å². The molecule has 0 N–H and O–H groups in total. The lowest BCUT2D eigenvalue weighted by atomic mass is 10.3. The first-order valence-electron chi connectivity index (χ1n) is 4.38. The number of nitrogens with zero attached hydrogens (tertiary/aromatic N) is 1. The Labute approximate surface area is 68.8 Å². The summed E-state index contributed by atoms with van der Waals surface area (Å²) in [5.41, 5.74) is 1.27. The van der Waals surface area contributed by atoms with Crippen molar-refractivity contribution in [3.8, 4) is 0 Å². The number of unbranched alkanes of at least 4 members (excludes halogenated alkanes) is 1. The van der Waals surface area contributed by atoms with E-state index >= 15 is 0 Å². The van der Waals surface area contributed by atoms with E-state index in [1.807, 2.05) is 6.26 Å². The molecule has 0 saturated heterocycles. The lowest BCUT2D eigenvalue weighted by molar-refractivity contribution is 0.157. The zero-order valence-electron chi connectivity index (χ0n) is 7.47. The Morgan fingerprint density at radius 2 is 2.45 bits per heavy atom. The van der Waals surface area contributed by atoms with Crippen molar-refractivity contribution in [3.05, 3.63) is 12.0 Å². The zero-order valence-corrected chi connectivity index (χ0v) is 7.47. The van der Waals surface area contributed by atoms with Gasteiger partial charge in [-0.25, -0.2) is 0 Å². The van der Waals surface area contributed by atoms with E-state index in [1.165, 1.54) is 25.1 Å².